The molecule has 3 rings (SSSR count). The molecule has 0 unspecified atom stereocenters. The van der Waals surface area contributed by atoms with Gasteiger partial charge in [0.1, 0.15) is 18.9 Å². The Labute approximate surface area is 109 Å². The molecular weight excluding hydrogens is 248 g/mol. The van der Waals surface area contributed by atoms with E-state index in [0.29, 0.717) is 24.7 Å². The molecule has 98 valence electrons. The number of hydrogen-bond donors (Lipinski definition) is 2. The average molecular weight is 260 g/mol. The first-order valence-corrected chi connectivity index (χ1v) is 5.84. The molecule has 2 N–H and O–H groups in total. The monoisotopic (exact) mass is 260 g/mol. The summed E-state index contributed by atoms with van der Waals surface area (Å²) in [5, 5.41) is 15.4. The molecule has 1 aliphatic heterocycles. The van der Waals surface area contributed by atoms with Gasteiger partial charge in [0.15, 0.2) is 11.5 Å². The van der Waals surface area contributed by atoms with E-state index in [1.165, 1.54) is 6.07 Å². The van der Waals surface area contributed by atoms with Crippen molar-refractivity contribution in [2.45, 2.75) is 6.92 Å². The molecule has 6 heteroatoms. The number of aryl methyl sites for hydroxylation is 1. The second-order valence-electron chi connectivity index (χ2n) is 4.29. The van der Waals surface area contributed by atoms with Gasteiger partial charge in [-0.1, -0.05) is 0 Å². The van der Waals surface area contributed by atoms with Gasteiger partial charge in [0.05, 0.1) is 5.69 Å². The minimum atomic E-state index is -1.03. The van der Waals surface area contributed by atoms with Gasteiger partial charge in [-0.15, -0.1) is 0 Å². The molecule has 2 heterocycles. The number of rotatable bonds is 2. The zero-order valence-electron chi connectivity index (χ0n) is 10.3. The van der Waals surface area contributed by atoms with Gasteiger partial charge in [-0.25, -0.2) is 4.79 Å². The van der Waals surface area contributed by atoms with Crippen molar-refractivity contribution in [3.05, 3.63) is 29.5 Å². The summed E-state index contributed by atoms with van der Waals surface area (Å²) >= 11 is 0. The first-order chi connectivity index (χ1) is 9.15. The van der Waals surface area contributed by atoms with E-state index < -0.39 is 5.97 Å². The fourth-order valence-electron chi connectivity index (χ4n) is 2.06. The Kier molecular flexibility index (Phi) is 2.63. The molecule has 0 radical (unpaired) electrons. The van der Waals surface area contributed by atoms with Crippen LogP contribution in [0.2, 0.25) is 0 Å². The van der Waals surface area contributed by atoms with Crippen LogP contribution in [-0.2, 0) is 0 Å². The van der Waals surface area contributed by atoms with Crippen molar-refractivity contribution in [3.8, 4) is 22.8 Å². The second-order valence-corrected chi connectivity index (χ2v) is 4.29. The lowest BCUT2D eigenvalue weighted by molar-refractivity contribution is 0.0690. The number of ether oxygens (including phenoxy) is 2. The number of nitrogens with zero attached hydrogens (tertiary/aromatic N) is 1. The molecule has 0 fully saturated rings. The predicted molar refractivity (Wildman–Crippen MR) is 66.7 cm³/mol. The lowest BCUT2D eigenvalue weighted by Crippen LogP contribution is -2.16. The SMILES string of the molecule is Cc1cc(-c2cc(C(=O)O)[nH]n2)cc2c1OCCO2. The molecule has 6 nitrogen and oxygen atoms in total. The number of fused-ring (bicyclic) bond motifs is 1. The maximum atomic E-state index is 10.8. The molecule has 0 spiro atoms. The molecule has 0 aliphatic carbocycles. The van der Waals surface area contributed by atoms with Gasteiger partial charge in [0, 0.05) is 5.56 Å². The number of H-pyrrole nitrogens is 1. The van der Waals surface area contributed by atoms with Crippen molar-refractivity contribution < 1.29 is 19.4 Å². The molecule has 1 aromatic heterocycles. The lowest BCUT2D eigenvalue weighted by Gasteiger charge is -2.20. The fourth-order valence-corrected chi connectivity index (χ4v) is 2.06. The third kappa shape index (κ3) is 2.01. The summed E-state index contributed by atoms with van der Waals surface area (Å²) in [4.78, 5) is 10.8. The Morgan fingerprint density at radius 3 is 2.84 bits per heavy atom. The molecular formula is C13H12N2O4. The first kappa shape index (κ1) is 11.6. The Morgan fingerprint density at radius 2 is 2.11 bits per heavy atom. The predicted octanol–water partition coefficient (Wildman–Crippen LogP) is 1.85. The van der Waals surface area contributed by atoms with Gasteiger partial charge in [-0.05, 0) is 30.7 Å². The fraction of sp³-hybridized carbons (Fsp3) is 0.231. The van der Waals surface area contributed by atoms with E-state index in [4.69, 9.17) is 14.6 Å². The van der Waals surface area contributed by atoms with Gasteiger partial charge in [-0.3, -0.25) is 5.10 Å². The number of hydrogen-bond acceptors (Lipinski definition) is 4. The summed E-state index contributed by atoms with van der Waals surface area (Å²) < 4.78 is 11.1. The molecule has 2 aromatic rings. The van der Waals surface area contributed by atoms with E-state index in [1.807, 2.05) is 19.1 Å². The maximum Gasteiger partial charge on any atom is 0.353 e. The Balaban J connectivity index is 2.05. The van der Waals surface area contributed by atoms with Gasteiger partial charge in [0.25, 0.3) is 0 Å². The number of nitrogens with one attached hydrogen (secondary N) is 1. The van der Waals surface area contributed by atoms with Crippen LogP contribution in [0.5, 0.6) is 11.5 Å². The number of carbonyl (C=O) groups is 1. The number of aromatic nitrogens is 2. The summed E-state index contributed by atoms with van der Waals surface area (Å²) in [6.07, 6.45) is 0. The second kappa shape index (κ2) is 4.31. The summed E-state index contributed by atoms with van der Waals surface area (Å²) in [7, 11) is 0. The third-order valence-electron chi connectivity index (χ3n) is 2.93. The van der Waals surface area contributed by atoms with E-state index >= 15 is 0 Å². The highest BCUT2D eigenvalue weighted by molar-refractivity contribution is 5.87. The van der Waals surface area contributed by atoms with Crippen LogP contribution in [0.1, 0.15) is 16.1 Å². The number of aromatic amines is 1. The van der Waals surface area contributed by atoms with Crippen LogP contribution >= 0.6 is 0 Å². The molecule has 0 bridgehead atoms. The van der Waals surface area contributed by atoms with Crippen LogP contribution in [0.25, 0.3) is 11.3 Å². The normalized spacial score (nSPS) is 13.3. The highest BCUT2D eigenvalue weighted by Gasteiger charge is 2.17. The third-order valence-corrected chi connectivity index (χ3v) is 2.93. The van der Waals surface area contributed by atoms with Gasteiger partial charge in [-0.2, -0.15) is 5.10 Å². The first-order valence-electron chi connectivity index (χ1n) is 5.84. The molecule has 0 atom stereocenters. The summed E-state index contributed by atoms with van der Waals surface area (Å²) in [5.41, 5.74) is 2.36. The van der Waals surface area contributed by atoms with Crippen LogP contribution in [0.3, 0.4) is 0 Å². The van der Waals surface area contributed by atoms with Gasteiger partial charge < -0.3 is 14.6 Å². The van der Waals surface area contributed by atoms with Crippen molar-refractivity contribution in [3.63, 3.8) is 0 Å². The van der Waals surface area contributed by atoms with E-state index in [1.54, 1.807) is 0 Å². The zero-order valence-corrected chi connectivity index (χ0v) is 10.3. The topological polar surface area (TPSA) is 84.4 Å². The quantitative estimate of drug-likeness (QED) is 0.860. The van der Waals surface area contributed by atoms with Crippen LogP contribution in [-0.4, -0.2) is 34.5 Å². The minimum Gasteiger partial charge on any atom is -0.486 e. The lowest BCUT2D eigenvalue weighted by atomic mass is 10.1. The molecule has 1 aliphatic rings. The average Bonchev–Trinajstić information content (AvgIpc) is 2.88. The van der Waals surface area contributed by atoms with E-state index in [0.717, 1.165) is 16.9 Å². The number of benzene rings is 1. The van der Waals surface area contributed by atoms with E-state index in [2.05, 4.69) is 10.2 Å². The Hall–Kier alpha value is -2.50. The van der Waals surface area contributed by atoms with Crippen molar-refractivity contribution in [2.75, 3.05) is 13.2 Å². The van der Waals surface area contributed by atoms with Gasteiger partial charge in [0.2, 0.25) is 0 Å². The number of carboxylic acids is 1. The number of aromatic carboxylic acids is 1. The van der Waals surface area contributed by atoms with Crippen LogP contribution in [0.15, 0.2) is 18.2 Å². The zero-order chi connectivity index (χ0) is 13.4. The highest BCUT2D eigenvalue weighted by atomic mass is 16.6. The molecule has 1 aromatic carbocycles. The summed E-state index contributed by atoms with van der Waals surface area (Å²) in [6, 6.07) is 5.20. The summed E-state index contributed by atoms with van der Waals surface area (Å²) in [5.74, 6) is 0.373. The van der Waals surface area contributed by atoms with Crippen LogP contribution in [0, 0.1) is 6.92 Å². The van der Waals surface area contributed by atoms with Crippen LogP contribution < -0.4 is 9.47 Å². The van der Waals surface area contributed by atoms with E-state index in [9.17, 15) is 4.79 Å². The molecule has 0 amide bonds. The Bertz CT molecular complexity index is 648. The maximum absolute atomic E-state index is 10.8. The van der Waals surface area contributed by atoms with E-state index in [-0.39, 0.29) is 5.69 Å². The van der Waals surface area contributed by atoms with Crippen molar-refractivity contribution in [1.29, 1.82) is 0 Å². The summed E-state index contributed by atoms with van der Waals surface area (Å²) in [6.45, 7) is 2.97. The van der Waals surface area contributed by atoms with Crippen LogP contribution in [0.4, 0.5) is 0 Å². The van der Waals surface area contributed by atoms with Crippen molar-refractivity contribution in [1.82, 2.24) is 10.2 Å². The molecule has 0 saturated heterocycles. The van der Waals surface area contributed by atoms with Gasteiger partial charge >= 0.3 is 5.97 Å². The minimum absolute atomic E-state index is 0.0579. The number of carboxylic acid groups (broad SMARTS) is 1. The van der Waals surface area contributed by atoms with Crippen molar-refractivity contribution in [2.24, 2.45) is 0 Å². The van der Waals surface area contributed by atoms with Crippen molar-refractivity contribution >= 4 is 5.97 Å². The smallest absolute Gasteiger partial charge is 0.353 e. The highest BCUT2D eigenvalue weighted by Crippen LogP contribution is 2.37. The molecule has 0 saturated carbocycles. The largest absolute Gasteiger partial charge is 0.486 e. The standard InChI is InChI=1S/C13H12N2O4/c1-7-4-8(5-11-12(7)19-3-2-18-11)9-6-10(13(16)17)15-14-9/h4-6H,2-3H2,1H3,(H,14,15)(H,16,17). The molecule has 19 heavy (non-hydrogen) atoms. The Morgan fingerprint density at radius 1 is 1.32 bits per heavy atom.